The standard InChI is InChI=1S/C48H62N4O5/c1-10-13-14-16-26(4)17-15-18-27(5)21-22-57-41(53)20-19-34-30(8)37-23-35-28(6)32(11-2)39(49-35)24-36-29(7)33(12-3)40(50-36)25-38-31(9)42-46(52-38)43(45(34)51-37)44(47(42)54)48(55)56/h11,21,23-26,30,34,44,49-52H,2,10,12-20,22H2,1,3-9H3,(H,55,56)/b27-21+,36-24-,37-23-,40-25-,45-43-/t26-,30+,34+,44-/m1/s1. The number of carbonyl (C=O) groups excluding carboxylic acids is 2. The van der Waals surface area contributed by atoms with Gasteiger partial charge in [0.1, 0.15) is 12.5 Å². The highest BCUT2D eigenvalue weighted by atomic mass is 16.5. The molecule has 304 valence electrons. The molecule has 0 aromatic carbocycles. The molecule has 0 amide bonds. The number of hydrogen-bond acceptors (Lipinski definition) is 5. The smallest absolute Gasteiger partial charge is 0.319 e. The fourth-order valence-electron chi connectivity index (χ4n) is 9.23. The van der Waals surface area contributed by atoms with Crippen molar-refractivity contribution in [2.24, 2.45) is 23.7 Å². The van der Waals surface area contributed by atoms with E-state index in [1.54, 1.807) is 0 Å². The molecule has 6 rings (SSSR count). The fraction of sp³-hybridized carbons (Fsp3) is 0.479. The van der Waals surface area contributed by atoms with E-state index < -0.39 is 17.7 Å². The molecule has 1 saturated heterocycles. The third kappa shape index (κ3) is 8.35. The minimum Gasteiger partial charge on any atom is -0.480 e. The van der Waals surface area contributed by atoms with E-state index in [0.29, 0.717) is 34.5 Å². The maximum absolute atomic E-state index is 14.1. The summed E-state index contributed by atoms with van der Waals surface area (Å²) in [6.07, 6.45) is 20.0. The van der Waals surface area contributed by atoms with Crippen LogP contribution in [0.1, 0.15) is 153 Å². The summed E-state index contributed by atoms with van der Waals surface area (Å²) in [7, 11) is 0. The molecule has 5 N–H and O–H groups in total. The van der Waals surface area contributed by atoms with E-state index in [2.05, 4.69) is 87.5 Å². The summed E-state index contributed by atoms with van der Waals surface area (Å²) in [6.45, 7) is 21.3. The molecule has 8 bridgehead atoms. The zero-order chi connectivity index (χ0) is 41.1. The van der Waals surface area contributed by atoms with E-state index in [9.17, 15) is 19.5 Å². The molecule has 9 heteroatoms. The summed E-state index contributed by atoms with van der Waals surface area (Å²) in [6, 6.07) is 0. The zero-order valence-corrected chi connectivity index (χ0v) is 35.3. The number of fused-ring (bicyclic) bond motifs is 7. The Morgan fingerprint density at radius 3 is 2.35 bits per heavy atom. The molecule has 0 saturated carbocycles. The van der Waals surface area contributed by atoms with Crippen molar-refractivity contribution in [2.45, 2.75) is 120 Å². The van der Waals surface area contributed by atoms with Crippen molar-refractivity contribution in [3.05, 3.63) is 96.5 Å². The Labute approximate surface area is 337 Å². The highest BCUT2D eigenvalue weighted by Crippen LogP contribution is 2.48. The first-order valence-electron chi connectivity index (χ1n) is 21.1. The molecule has 0 unspecified atom stereocenters. The number of esters is 1. The number of Topliss-reactive ketones (excluding diaryl/α,β-unsaturated/α-hetero) is 1. The Bertz CT molecular complexity index is 2290. The highest BCUT2D eigenvalue weighted by Gasteiger charge is 2.48. The normalized spacial score (nSPS) is 22.6. The van der Waals surface area contributed by atoms with E-state index in [-0.39, 0.29) is 30.8 Å². The van der Waals surface area contributed by atoms with Gasteiger partial charge >= 0.3 is 11.9 Å². The number of ether oxygens (including phenoxy) is 1. The van der Waals surface area contributed by atoms with E-state index >= 15 is 0 Å². The lowest BCUT2D eigenvalue weighted by Crippen LogP contribution is -2.24. The molecule has 0 spiro atoms. The van der Waals surface area contributed by atoms with Crippen LogP contribution in [0.5, 0.6) is 0 Å². The molecule has 3 aliphatic rings. The number of carboxylic acids is 1. The Morgan fingerprint density at radius 1 is 0.930 bits per heavy atom. The minimum absolute atomic E-state index is 0.125. The second-order valence-corrected chi connectivity index (χ2v) is 16.7. The lowest BCUT2D eigenvalue weighted by atomic mass is 9.85. The van der Waals surface area contributed by atoms with Gasteiger partial charge in [-0.25, -0.2) is 0 Å². The molecular formula is C48H62N4O5. The summed E-state index contributed by atoms with van der Waals surface area (Å²) < 4.78 is 5.72. The number of H-pyrrole nitrogens is 3. The maximum Gasteiger partial charge on any atom is 0.319 e. The van der Waals surface area contributed by atoms with E-state index in [0.717, 1.165) is 80.9 Å². The van der Waals surface area contributed by atoms with Crippen LogP contribution in [-0.2, 0) is 20.7 Å². The molecule has 2 aliphatic heterocycles. The first kappa shape index (κ1) is 41.6. The van der Waals surface area contributed by atoms with Crippen molar-refractivity contribution < 1.29 is 24.2 Å². The summed E-state index contributed by atoms with van der Waals surface area (Å²) in [5.74, 6) is -2.97. The Balaban J connectivity index is 1.35. The Morgan fingerprint density at radius 2 is 1.65 bits per heavy atom. The monoisotopic (exact) mass is 774 g/mol. The SMILES string of the molecule is C=Cc1c2[nH]c(c1C)/C=C1\N/C(=C3\c4[nH]c(c(C)c4C(=O)[C@@H]3C(=O)O)/C=c3\[nH]/c(c(C)c3CC)=C\2)[C@@H](CCC(=O)OC/C=C(\C)CCC[C@H](C)CCCCC)[C@@H]1C. The summed E-state index contributed by atoms with van der Waals surface area (Å²) in [5, 5.41) is 16.1. The van der Waals surface area contributed by atoms with E-state index in [1.807, 2.05) is 25.2 Å². The second-order valence-electron chi connectivity index (χ2n) is 16.7. The van der Waals surface area contributed by atoms with Crippen molar-refractivity contribution in [1.82, 2.24) is 20.3 Å². The average molecular weight is 775 g/mol. The summed E-state index contributed by atoms with van der Waals surface area (Å²) in [4.78, 5) is 51.1. The number of aromatic nitrogens is 3. The molecule has 4 atom stereocenters. The molecule has 3 aromatic heterocycles. The third-order valence-corrected chi connectivity index (χ3v) is 12.8. The first-order chi connectivity index (χ1) is 27.3. The van der Waals surface area contributed by atoms with Gasteiger partial charge in [0, 0.05) is 74.1 Å². The van der Waals surface area contributed by atoms with Gasteiger partial charge in [-0.1, -0.05) is 78.0 Å². The fourth-order valence-corrected chi connectivity index (χ4v) is 9.23. The van der Waals surface area contributed by atoms with Crippen LogP contribution in [0.4, 0.5) is 0 Å². The first-order valence-corrected chi connectivity index (χ1v) is 21.1. The molecule has 5 heterocycles. The number of aromatic amines is 3. The van der Waals surface area contributed by atoms with Crippen LogP contribution in [-0.4, -0.2) is 44.4 Å². The van der Waals surface area contributed by atoms with Gasteiger partial charge in [0.05, 0.1) is 5.69 Å². The number of ketones is 1. The number of allylic oxidation sites excluding steroid dienone is 3. The molecule has 0 radical (unpaired) electrons. The largest absolute Gasteiger partial charge is 0.480 e. The van der Waals surface area contributed by atoms with E-state index in [4.69, 9.17) is 4.74 Å². The van der Waals surface area contributed by atoms with Crippen LogP contribution in [0.15, 0.2) is 29.6 Å². The van der Waals surface area contributed by atoms with Crippen LogP contribution < -0.4 is 16.0 Å². The van der Waals surface area contributed by atoms with Crippen LogP contribution >= 0.6 is 0 Å². The van der Waals surface area contributed by atoms with Gasteiger partial charge in [-0.05, 0) is 106 Å². The third-order valence-electron chi connectivity index (χ3n) is 12.8. The number of aliphatic carboxylic acids is 1. The van der Waals surface area contributed by atoms with Crippen LogP contribution in [0.25, 0.3) is 29.9 Å². The van der Waals surface area contributed by atoms with Crippen LogP contribution in [0, 0.1) is 44.4 Å². The van der Waals surface area contributed by atoms with Crippen molar-refractivity contribution >= 4 is 47.6 Å². The van der Waals surface area contributed by atoms with Gasteiger partial charge in [-0.2, -0.15) is 0 Å². The summed E-state index contributed by atoms with van der Waals surface area (Å²) in [5.41, 5.74) is 11.8. The zero-order valence-electron chi connectivity index (χ0n) is 35.3. The molecular weight excluding hydrogens is 713 g/mol. The molecule has 1 fully saturated rings. The Kier molecular flexibility index (Phi) is 12.8. The van der Waals surface area contributed by atoms with Gasteiger partial charge in [0.2, 0.25) is 0 Å². The number of nitrogens with one attached hydrogen (secondary N) is 4. The average Bonchev–Trinajstić information content (AvgIpc) is 3.91. The molecule has 3 aromatic rings. The molecule has 9 nitrogen and oxygen atoms in total. The number of hydrogen-bond donors (Lipinski definition) is 5. The Hall–Kier alpha value is -5.05. The van der Waals surface area contributed by atoms with Crippen molar-refractivity contribution in [2.75, 3.05) is 6.61 Å². The van der Waals surface area contributed by atoms with Crippen molar-refractivity contribution in [3.8, 4) is 0 Å². The van der Waals surface area contributed by atoms with Crippen molar-refractivity contribution in [3.63, 3.8) is 0 Å². The number of carboxylic acid groups (broad SMARTS) is 1. The predicted molar refractivity (Wildman–Crippen MR) is 230 cm³/mol. The van der Waals surface area contributed by atoms with Crippen LogP contribution in [0.3, 0.4) is 0 Å². The minimum atomic E-state index is -1.37. The van der Waals surface area contributed by atoms with Gasteiger partial charge in [0.15, 0.2) is 5.78 Å². The van der Waals surface area contributed by atoms with Gasteiger partial charge in [0.25, 0.3) is 0 Å². The van der Waals surface area contributed by atoms with Crippen molar-refractivity contribution in [1.29, 1.82) is 0 Å². The number of carbonyl (C=O) groups is 3. The lowest BCUT2D eigenvalue weighted by molar-refractivity contribution is -0.143. The second kappa shape index (κ2) is 17.6. The summed E-state index contributed by atoms with van der Waals surface area (Å²) >= 11 is 0. The van der Waals surface area contributed by atoms with E-state index in [1.165, 1.54) is 37.7 Å². The highest BCUT2D eigenvalue weighted by molar-refractivity contribution is 6.24. The van der Waals surface area contributed by atoms with Gasteiger partial charge in [-0.15, -0.1) is 0 Å². The van der Waals surface area contributed by atoms with Gasteiger partial charge in [-0.3, -0.25) is 14.4 Å². The van der Waals surface area contributed by atoms with Gasteiger partial charge < -0.3 is 30.1 Å². The number of rotatable bonds is 16. The maximum atomic E-state index is 14.1. The topological polar surface area (TPSA) is 140 Å². The lowest BCUT2D eigenvalue weighted by Gasteiger charge is -2.19. The molecule has 57 heavy (non-hydrogen) atoms. The quantitative estimate of drug-likeness (QED) is 0.0426. The number of unbranched alkanes of at least 4 members (excludes halogenated alkanes) is 2. The molecule has 1 aliphatic carbocycles. The van der Waals surface area contributed by atoms with Crippen LogP contribution in [0.2, 0.25) is 0 Å². The predicted octanol–water partition coefficient (Wildman–Crippen LogP) is 8.93.